The average Bonchev–Trinajstić information content (AvgIpc) is 2.54. The Hall–Kier alpha value is -3.48. The molecule has 0 saturated heterocycles. The highest BCUT2D eigenvalue weighted by atomic mass is 16.4. The van der Waals surface area contributed by atoms with Gasteiger partial charge in [0.25, 0.3) is 0 Å². The van der Waals surface area contributed by atoms with Gasteiger partial charge in [0.05, 0.1) is 28.4 Å². The lowest BCUT2D eigenvalue weighted by molar-refractivity contribution is 0.0696. The van der Waals surface area contributed by atoms with E-state index in [-0.39, 0.29) is 11.1 Å². The Bertz CT molecular complexity index is 892. The van der Waals surface area contributed by atoms with Crippen LogP contribution in [0.4, 0.5) is 11.5 Å². The van der Waals surface area contributed by atoms with E-state index in [2.05, 4.69) is 15.3 Å². The molecule has 0 fully saturated rings. The molecule has 3 rings (SSSR count). The lowest BCUT2D eigenvalue weighted by Crippen LogP contribution is -2.05. The zero-order valence-corrected chi connectivity index (χ0v) is 11.7. The maximum atomic E-state index is 11.1. The number of hydrogen-bond acceptors (Lipinski definition) is 5. The van der Waals surface area contributed by atoms with Gasteiger partial charge in [-0.05, 0) is 30.3 Å². The number of nitrogens with zero attached hydrogens (tertiary/aromatic N) is 2. The summed E-state index contributed by atoms with van der Waals surface area (Å²) >= 11 is 0. The highest BCUT2D eigenvalue weighted by molar-refractivity contribution is 5.95. The quantitative estimate of drug-likeness (QED) is 0.679. The Labute approximate surface area is 130 Å². The van der Waals surface area contributed by atoms with Crippen molar-refractivity contribution in [1.82, 2.24) is 9.97 Å². The minimum absolute atomic E-state index is 0.124. The molecule has 0 atom stereocenters. The van der Waals surface area contributed by atoms with Crippen molar-refractivity contribution in [2.24, 2.45) is 0 Å². The molecular weight excluding hydrogens is 298 g/mol. The summed E-state index contributed by atoms with van der Waals surface area (Å²) in [5.41, 5.74) is 1.46. The lowest BCUT2D eigenvalue weighted by Gasteiger charge is -2.08. The average molecular weight is 309 g/mol. The molecule has 7 heteroatoms. The number of nitrogens with one attached hydrogen (secondary N) is 1. The molecule has 0 aliphatic rings. The topological polar surface area (TPSA) is 112 Å². The molecule has 0 saturated carbocycles. The standard InChI is InChI=1S/C16H11N3O4/c20-15(21)9-5-10(16(22)23)7-11(6-9)18-14-8-17-12-3-1-2-4-13(12)19-14/h1-8H,(H,18,19)(H,20,21)(H,22,23). The van der Waals surface area contributed by atoms with E-state index in [1.807, 2.05) is 18.2 Å². The number of aromatic nitrogens is 2. The second-order valence-electron chi connectivity index (χ2n) is 4.78. The van der Waals surface area contributed by atoms with Crippen LogP contribution in [0.3, 0.4) is 0 Å². The van der Waals surface area contributed by atoms with Gasteiger partial charge in [-0.25, -0.2) is 14.6 Å². The monoisotopic (exact) mass is 309 g/mol. The molecule has 1 heterocycles. The zero-order valence-electron chi connectivity index (χ0n) is 11.7. The predicted octanol–water partition coefficient (Wildman–Crippen LogP) is 2.77. The van der Waals surface area contributed by atoms with Crippen LogP contribution in [-0.2, 0) is 0 Å². The first-order valence-corrected chi connectivity index (χ1v) is 6.63. The van der Waals surface area contributed by atoms with Crippen LogP contribution in [0.15, 0.2) is 48.7 Å². The van der Waals surface area contributed by atoms with Crippen molar-refractivity contribution in [1.29, 1.82) is 0 Å². The predicted molar refractivity (Wildman–Crippen MR) is 83.2 cm³/mol. The molecule has 0 aliphatic heterocycles. The molecule has 0 bridgehead atoms. The van der Waals surface area contributed by atoms with Crippen molar-refractivity contribution in [2.45, 2.75) is 0 Å². The van der Waals surface area contributed by atoms with Gasteiger partial charge >= 0.3 is 11.9 Å². The van der Waals surface area contributed by atoms with Crippen LogP contribution >= 0.6 is 0 Å². The largest absolute Gasteiger partial charge is 0.478 e. The number of fused-ring (bicyclic) bond motifs is 1. The molecule has 114 valence electrons. The van der Waals surface area contributed by atoms with Crippen LogP contribution < -0.4 is 5.32 Å². The van der Waals surface area contributed by atoms with Gasteiger partial charge in [-0.2, -0.15) is 0 Å². The van der Waals surface area contributed by atoms with E-state index >= 15 is 0 Å². The summed E-state index contributed by atoms with van der Waals surface area (Å²) in [6, 6.07) is 11.1. The summed E-state index contributed by atoms with van der Waals surface area (Å²) in [7, 11) is 0. The van der Waals surface area contributed by atoms with Crippen LogP contribution in [0.25, 0.3) is 11.0 Å². The Morgan fingerprint density at radius 2 is 1.52 bits per heavy atom. The second-order valence-corrected chi connectivity index (χ2v) is 4.78. The fourth-order valence-corrected chi connectivity index (χ4v) is 2.11. The third-order valence-corrected chi connectivity index (χ3v) is 3.15. The van der Waals surface area contributed by atoms with Crippen molar-refractivity contribution < 1.29 is 19.8 Å². The van der Waals surface area contributed by atoms with Crippen LogP contribution in [0, 0.1) is 0 Å². The van der Waals surface area contributed by atoms with E-state index in [9.17, 15) is 9.59 Å². The Morgan fingerprint density at radius 1 is 0.913 bits per heavy atom. The van der Waals surface area contributed by atoms with E-state index in [1.54, 1.807) is 6.07 Å². The summed E-state index contributed by atoms with van der Waals surface area (Å²) in [5.74, 6) is -2.02. The fraction of sp³-hybridized carbons (Fsp3) is 0. The molecule has 0 aliphatic carbocycles. The summed E-state index contributed by atoms with van der Waals surface area (Å²) in [4.78, 5) is 30.8. The molecule has 0 radical (unpaired) electrons. The van der Waals surface area contributed by atoms with E-state index in [0.717, 1.165) is 11.6 Å². The molecule has 0 amide bonds. The van der Waals surface area contributed by atoms with E-state index < -0.39 is 11.9 Å². The number of carbonyl (C=O) groups is 2. The van der Waals surface area contributed by atoms with Gasteiger partial charge in [-0.1, -0.05) is 12.1 Å². The number of hydrogen-bond donors (Lipinski definition) is 3. The highest BCUT2D eigenvalue weighted by Gasteiger charge is 2.12. The Kier molecular flexibility index (Phi) is 3.60. The molecule has 7 nitrogen and oxygen atoms in total. The minimum atomic E-state index is -1.21. The lowest BCUT2D eigenvalue weighted by atomic mass is 10.1. The number of carboxylic acid groups (broad SMARTS) is 2. The summed E-state index contributed by atoms with van der Waals surface area (Å²) in [6.07, 6.45) is 1.50. The smallest absolute Gasteiger partial charge is 0.335 e. The number of carboxylic acids is 2. The van der Waals surface area contributed by atoms with Crippen molar-refractivity contribution in [3.8, 4) is 0 Å². The molecule has 2 aromatic carbocycles. The molecule has 0 spiro atoms. The highest BCUT2D eigenvalue weighted by Crippen LogP contribution is 2.20. The van der Waals surface area contributed by atoms with Crippen LogP contribution in [0.2, 0.25) is 0 Å². The zero-order chi connectivity index (χ0) is 16.4. The van der Waals surface area contributed by atoms with Gasteiger partial charge in [-0.15, -0.1) is 0 Å². The van der Waals surface area contributed by atoms with Gasteiger partial charge in [0.1, 0.15) is 5.82 Å². The van der Waals surface area contributed by atoms with Crippen molar-refractivity contribution in [3.63, 3.8) is 0 Å². The number of benzene rings is 2. The Balaban J connectivity index is 2.00. The third-order valence-electron chi connectivity index (χ3n) is 3.15. The number of rotatable bonds is 4. The molecular formula is C16H11N3O4. The van der Waals surface area contributed by atoms with Gasteiger partial charge in [0.15, 0.2) is 0 Å². The third kappa shape index (κ3) is 3.08. The second kappa shape index (κ2) is 5.72. The van der Waals surface area contributed by atoms with Crippen molar-refractivity contribution in [3.05, 3.63) is 59.8 Å². The van der Waals surface area contributed by atoms with E-state index in [1.165, 1.54) is 18.3 Å². The molecule has 0 unspecified atom stereocenters. The number of aromatic carboxylic acids is 2. The van der Waals surface area contributed by atoms with Crippen molar-refractivity contribution in [2.75, 3.05) is 5.32 Å². The van der Waals surface area contributed by atoms with E-state index in [0.29, 0.717) is 17.0 Å². The van der Waals surface area contributed by atoms with Gasteiger partial charge in [-0.3, -0.25) is 4.98 Å². The number of anilines is 2. The number of para-hydroxylation sites is 2. The van der Waals surface area contributed by atoms with Crippen LogP contribution in [-0.4, -0.2) is 32.1 Å². The molecule has 23 heavy (non-hydrogen) atoms. The van der Waals surface area contributed by atoms with Gasteiger partial charge < -0.3 is 15.5 Å². The SMILES string of the molecule is O=C(O)c1cc(Nc2cnc3ccccc3n2)cc(C(=O)O)c1. The first kappa shape index (κ1) is 14.5. The van der Waals surface area contributed by atoms with Gasteiger partial charge in [0, 0.05) is 5.69 Å². The minimum Gasteiger partial charge on any atom is -0.478 e. The Morgan fingerprint density at radius 3 is 2.13 bits per heavy atom. The van der Waals surface area contributed by atoms with Gasteiger partial charge in [0.2, 0.25) is 0 Å². The van der Waals surface area contributed by atoms with E-state index in [4.69, 9.17) is 10.2 Å². The summed E-state index contributed by atoms with van der Waals surface area (Å²) < 4.78 is 0. The molecule has 3 N–H and O–H groups in total. The maximum Gasteiger partial charge on any atom is 0.335 e. The fourth-order valence-electron chi connectivity index (χ4n) is 2.11. The van der Waals surface area contributed by atoms with Crippen LogP contribution in [0.5, 0.6) is 0 Å². The first-order valence-electron chi connectivity index (χ1n) is 6.63. The molecule has 1 aromatic heterocycles. The van der Waals surface area contributed by atoms with Crippen molar-refractivity contribution >= 4 is 34.5 Å². The summed E-state index contributed by atoms with van der Waals surface area (Å²) in [6.45, 7) is 0. The van der Waals surface area contributed by atoms with Crippen LogP contribution in [0.1, 0.15) is 20.7 Å². The maximum absolute atomic E-state index is 11.1. The summed E-state index contributed by atoms with van der Waals surface area (Å²) in [5, 5.41) is 21.0. The molecule has 3 aromatic rings. The normalized spacial score (nSPS) is 10.4. The first-order chi connectivity index (χ1) is 11.0.